The van der Waals surface area contributed by atoms with Crippen LogP contribution >= 0.6 is 0 Å². The molecule has 3 N–H and O–H groups in total. The van der Waals surface area contributed by atoms with Crippen molar-refractivity contribution in [3.05, 3.63) is 60.3 Å². The first kappa shape index (κ1) is 24.0. The van der Waals surface area contributed by atoms with Gasteiger partial charge in [-0.3, -0.25) is 4.98 Å². The van der Waals surface area contributed by atoms with Gasteiger partial charge in [0.1, 0.15) is 5.82 Å². The van der Waals surface area contributed by atoms with Crippen LogP contribution in [0.1, 0.15) is 52.0 Å². The normalized spacial score (nSPS) is 12.6. The third-order valence-electron chi connectivity index (χ3n) is 5.57. The van der Waals surface area contributed by atoms with Gasteiger partial charge in [-0.25, -0.2) is 4.98 Å². The van der Waals surface area contributed by atoms with Gasteiger partial charge in [0.15, 0.2) is 0 Å². The molecule has 0 aliphatic carbocycles. The summed E-state index contributed by atoms with van der Waals surface area (Å²) in [5, 5.41) is 19.4. The second kappa shape index (κ2) is 11.8. The predicted octanol–water partition coefficient (Wildman–Crippen LogP) is 5.51. The molecule has 0 bridgehead atoms. The lowest BCUT2D eigenvalue weighted by Gasteiger charge is -2.25. The molecular weight excluding hydrogens is 410 g/mol. The maximum atomic E-state index is 9.22. The fourth-order valence-electron chi connectivity index (χ4n) is 3.72. The van der Waals surface area contributed by atoms with Crippen molar-refractivity contribution in [2.75, 3.05) is 17.2 Å². The standard InChI is InChI=1S/C26H33N7/c1-18(2)20-10-5-6-11-22(20)33-26(30-17-27)32-21(19(3)4)14-9-15-28-25-16-29-23-12-7-8-13-24(23)31-25/h5-8,10-13,16,18-19,21H,9,14-15H2,1-4H3,(H,28,31)(H2,30,32,33). The molecule has 0 spiro atoms. The number of hydrogen-bond donors (Lipinski definition) is 3. The van der Waals surface area contributed by atoms with Crippen molar-refractivity contribution in [2.24, 2.45) is 10.9 Å². The first-order valence-electron chi connectivity index (χ1n) is 11.5. The summed E-state index contributed by atoms with van der Waals surface area (Å²) in [5.74, 6) is 2.00. The molecule has 0 saturated heterocycles. The highest BCUT2D eigenvalue weighted by Gasteiger charge is 2.16. The van der Waals surface area contributed by atoms with Crippen LogP contribution in [0.15, 0.2) is 59.7 Å². The first-order valence-corrected chi connectivity index (χ1v) is 11.5. The molecular formula is C26H33N7. The highest BCUT2D eigenvalue weighted by Crippen LogP contribution is 2.23. The molecule has 0 aliphatic heterocycles. The molecule has 33 heavy (non-hydrogen) atoms. The van der Waals surface area contributed by atoms with E-state index in [0.717, 1.165) is 41.9 Å². The first-order chi connectivity index (χ1) is 16.0. The van der Waals surface area contributed by atoms with E-state index in [-0.39, 0.29) is 6.04 Å². The molecule has 7 nitrogen and oxygen atoms in total. The number of guanidine groups is 1. The number of aromatic nitrogens is 2. The molecule has 3 aromatic rings. The Bertz CT molecular complexity index is 1110. The Morgan fingerprint density at radius 2 is 1.76 bits per heavy atom. The number of para-hydroxylation sites is 3. The molecule has 0 fully saturated rings. The van der Waals surface area contributed by atoms with Gasteiger partial charge in [-0.15, -0.1) is 4.99 Å². The van der Waals surface area contributed by atoms with Gasteiger partial charge in [0.2, 0.25) is 12.2 Å². The van der Waals surface area contributed by atoms with Gasteiger partial charge >= 0.3 is 0 Å². The summed E-state index contributed by atoms with van der Waals surface area (Å²) in [6.45, 7) is 9.43. The van der Waals surface area contributed by atoms with E-state index in [9.17, 15) is 5.26 Å². The number of nitriles is 1. The molecule has 1 atom stereocenters. The number of fused-ring (bicyclic) bond motifs is 1. The monoisotopic (exact) mass is 443 g/mol. The minimum atomic E-state index is 0.167. The second-order valence-corrected chi connectivity index (χ2v) is 8.74. The molecule has 2 aromatic carbocycles. The Morgan fingerprint density at radius 1 is 1.03 bits per heavy atom. The Kier molecular flexibility index (Phi) is 8.59. The number of rotatable bonds is 9. The Morgan fingerprint density at radius 3 is 2.48 bits per heavy atom. The van der Waals surface area contributed by atoms with Crippen LogP contribution in [-0.4, -0.2) is 28.5 Å². The van der Waals surface area contributed by atoms with Crippen molar-refractivity contribution in [3.8, 4) is 6.19 Å². The molecule has 172 valence electrons. The van der Waals surface area contributed by atoms with Gasteiger partial charge in [0.05, 0.1) is 17.2 Å². The average molecular weight is 444 g/mol. The quantitative estimate of drug-likeness (QED) is 0.175. The van der Waals surface area contributed by atoms with E-state index in [1.54, 1.807) is 6.20 Å². The molecule has 0 amide bonds. The summed E-state index contributed by atoms with van der Waals surface area (Å²) >= 11 is 0. The molecule has 1 aromatic heterocycles. The van der Waals surface area contributed by atoms with Crippen LogP contribution < -0.4 is 16.0 Å². The second-order valence-electron chi connectivity index (χ2n) is 8.74. The summed E-state index contributed by atoms with van der Waals surface area (Å²) in [5.41, 5.74) is 3.93. The largest absolute Gasteiger partial charge is 0.369 e. The summed E-state index contributed by atoms with van der Waals surface area (Å²) in [6.07, 6.45) is 5.55. The van der Waals surface area contributed by atoms with E-state index in [0.29, 0.717) is 17.8 Å². The van der Waals surface area contributed by atoms with Crippen LogP contribution in [0.2, 0.25) is 0 Å². The minimum Gasteiger partial charge on any atom is -0.369 e. The third kappa shape index (κ3) is 6.91. The minimum absolute atomic E-state index is 0.167. The van der Waals surface area contributed by atoms with Crippen LogP contribution in [0.3, 0.4) is 0 Å². The maximum absolute atomic E-state index is 9.22. The number of nitrogens with one attached hydrogen (secondary N) is 3. The smallest absolute Gasteiger partial charge is 0.211 e. The summed E-state index contributed by atoms with van der Waals surface area (Å²) < 4.78 is 0. The number of aliphatic imine (C=N–C) groups is 1. The van der Waals surface area contributed by atoms with Gasteiger partial charge in [0.25, 0.3) is 0 Å². The van der Waals surface area contributed by atoms with E-state index in [2.05, 4.69) is 64.7 Å². The molecule has 3 rings (SSSR count). The molecule has 0 aliphatic rings. The fraction of sp³-hybridized carbons (Fsp3) is 0.385. The van der Waals surface area contributed by atoms with E-state index in [1.165, 1.54) is 5.56 Å². The summed E-state index contributed by atoms with van der Waals surface area (Å²) in [7, 11) is 0. The highest BCUT2D eigenvalue weighted by molar-refractivity contribution is 5.95. The van der Waals surface area contributed by atoms with Gasteiger partial charge in [0, 0.05) is 18.3 Å². The van der Waals surface area contributed by atoms with Crippen LogP contribution in [0.5, 0.6) is 0 Å². The zero-order valence-corrected chi connectivity index (χ0v) is 19.8. The lowest BCUT2D eigenvalue weighted by Crippen LogP contribution is -2.42. The predicted molar refractivity (Wildman–Crippen MR) is 136 cm³/mol. The zero-order chi connectivity index (χ0) is 23.6. The van der Waals surface area contributed by atoms with Crippen molar-refractivity contribution in [2.45, 2.75) is 52.5 Å². The number of anilines is 2. The van der Waals surface area contributed by atoms with Crippen LogP contribution in [0.4, 0.5) is 11.5 Å². The lowest BCUT2D eigenvalue weighted by atomic mass is 9.99. The average Bonchev–Trinajstić information content (AvgIpc) is 2.81. The van der Waals surface area contributed by atoms with Gasteiger partial charge in [-0.2, -0.15) is 5.26 Å². The topological polar surface area (TPSA) is 98.0 Å². The Hall–Kier alpha value is -3.66. The van der Waals surface area contributed by atoms with Crippen molar-refractivity contribution < 1.29 is 0 Å². The van der Waals surface area contributed by atoms with Crippen molar-refractivity contribution in [1.29, 1.82) is 5.26 Å². The number of nitrogens with zero attached hydrogens (tertiary/aromatic N) is 4. The zero-order valence-electron chi connectivity index (χ0n) is 19.8. The number of benzene rings is 2. The van der Waals surface area contributed by atoms with E-state index in [1.807, 2.05) is 48.7 Å². The third-order valence-corrected chi connectivity index (χ3v) is 5.57. The molecule has 7 heteroatoms. The van der Waals surface area contributed by atoms with Crippen molar-refractivity contribution in [3.63, 3.8) is 0 Å². The summed E-state index contributed by atoms with van der Waals surface area (Å²) in [6, 6.07) is 16.1. The van der Waals surface area contributed by atoms with E-state index < -0.39 is 0 Å². The Balaban J connectivity index is 1.58. The lowest BCUT2D eigenvalue weighted by molar-refractivity contribution is 0.420. The molecule has 0 saturated carbocycles. The van der Waals surface area contributed by atoms with Crippen molar-refractivity contribution in [1.82, 2.24) is 15.3 Å². The van der Waals surface area contributed by atoms with Crippen LogP contribution in [0.25, 0.3) is 11.0 Å². The van der Waals surface area contributed by atoms with Crippen LogP contribution in [0, 0.1) is 17.4 Å². The maximum Gasteiger partial charge on any atom is 0.211 e. The fourth-order valence-corrected chi connectivity index (χ4v) is 3.72. The molecule has 1 unspecified atom stereocenters. The highest BCUT2D eigenvalue weighted by atomic mass is 15.2. The van der Waals surface area contributed by atoms with Gasteiger partial charge in [-0.05, 0) is 48.4 Å². The number of hydrogen-bond acceptors (Lipinski definition) is 5. The summed E-state index contributed by atoms with van der Waals surface area (Å²) in [4.78, 5) is 13.1. The van der Waals surface area contributed by atoms with Crippen LogP contribution in [-0.2, 0) is 0 Å². The van der Waals surface area contributed by atoms with Crippen molar-refractivity contribution >= 4 is 28.5 Å². The Labute approximate surface area is 196 Å². The van der Waals surface area contributed by atoms with Gasteiger partial charge in [-0.1, -0.05) is 58.0 Å². The SMILES string of the molecule is CC(C)c1ccccc1N/C(=N/C#N)NC(CCCNc1cnc2ccccc2n1)C(C)C. The molecule has 0 radical (unpaired) electrons. The molecule has 1 heterocycles. The van der Waals surface area contributed by atoms with Gasteiger partial charge < -0.3 is 16.0 Å². The van der Waals surface area contributed by atoms with E-state index >= 15 is 0 Å². The van der Waals surface area contributed by atoms with E-state index in [4.69, 9.17) is 0 Å².